The maximum atomic E-state index is 5.62. The van der Waals surface area contributed by atoms with Crippen molar-refractivity contribution in [2.75, 3.05) is 19.8 Å². The molecular formula is C21H33N3O3. The Kier molecular flexibility index (Phi) is 13.3. The summed E-state index contributed by atoms with van der Waals surface area (Å²) in [7, 11) is 0. The molecule has 0 saturated carbocycles. The van der Waals surface area contributed by atoms with Gasteiger partial charge in [0.2, 0.25) is 0 Å². The Bertz CT molecular complexity index is 493. The molecule has 0 radical (unpaired) electrons. The summed E-state index contributed by atoms with van der Waals surface area (Å²) in [6, 6.07) is 0.689. The number of allylic oxidation sites excluding steroid dienone is 3. The summed E-state index contributed by atoms with van der Waals surface area (Å²) in [5.41, 5.74) is 0. The molecule has 0 unspecified atom stereocenters. The number of hydrogen-bond donors (Lipinski definition) is 0. The highest BCUT2D eigenvalue weighted by atomic mass is 16.5. The molecule has 6 nitrogen and oxygen atoms in total. The highest BCUT2D eigenvalue weighted by molar-refractivity contribution is 5.09. The molecule has 0 amide bonds. The largest absolute Gasteiger partial charge is 0.463 e. The minimum absolute atomic E-state index is 0.230. The first-order valence-electron chi connectivity index (χ1n) is 9.89. The predicted molar refractivity (Wildman–Crippen MR) is 108 cm³/mol. The molecule has 0 aliphatic heterocycles. The first kappa shape index (κ1) is 22.7. The molecule has 1 rings (SSSR count). The van der Waals surface area contributed by atoms with Crippen LogP contribution in [0, 0.1) is 0 Å². The van der Waals surface area contributed by atoms with E-state index >= 15 is 0 Å². The smallest absolute Gasteiger partial charge is 0.325 e. The van der Waals surface area contributed by atoms with Crippen LogP contribution in [0.2, 0.25) is 0 Å². The molecule has 150 valence electrons. The molecule has 1 aromatic heterocycles. The predicted octanol–water partition coefficient (Wildman–Crippen LogP) is 5.08. The Hall–Kier alpha value is -2.37. The third kappa shape index (κ3) is 11.8. The van der Waals surface area contributed by atoms with Crippen LogP contribution in [0.15, 0.2) is 36.5 Å². The highest BCUT2D eigenvalue weighted by Gasteiger charge is 2.09. The van der Waals surface area contributed by atoms with Gasteiger partial charge in [-0.3, -0.25) is 0 Å². The van der Waals surface area contributed by atoms with Gasteiger partial charge < -0.3 is 14.2 Å². The second-order valence-corrected chi connectivity index (χ2v) is 5.73. The van der Waals surface area contributed by atoms with Crippen molar-refractivity contribution in [1.29, 1.82) is 0 Å². The van der Waals surface area contributed by atoms with E-state index in [1.807, 2.05) is 0 Å². The number of hydrogen-bond acceptors (Lipinski definition) is 6. The van der Waals surface area contributed by atoms with Gasteiger partial charge in [0.05, 0.1) is 19.8 Å². The van der Waals surface area contributed by atoms with E-state index in [4.69, 9.17) is 14.2 Å². The van der Waals surface area contributed by atoms with Gasteiger partial charge in [-0.15, -0.1) is 15.0 Å². The summed E-state index contributed by atoms with van der Waals surface area (Å²) < 4.78 is 16.9. The van der Waals surface area contributed by atoms with Crippen LogP contribution in [0.4, 0.5) is 0 Å². The van der Waals surface area contributed by atoms with E-state index in [-0.39, 0.29) is 18.0 Å². The molecular weight excluding hydrogens is 342 g/mol. The maximum Gasteiger partial charge on any atom is 0.325 e. The number of rotatable bonds is 15. The second-order valence-electron chi connectivity index (χ2n) is 5.73. The highest BCUT2D eigenvalue weighted by Crippen LogP contribution is 2.15. The molecule has 0 N–H and O–H groups in total. The molecule has 0 bridgehead atoms. The summed E-state index contributed by atoms with van der Waals surface area (Å²) in [5.74, 6) is 0. The van der Waals surface area contributed by atoms with E-state index < -0.39 is 0 Å². The first-order chi connectivity index (χ1) is 13.3. The number of ether oxygens (including phenoxy) is 3. The molecule has 27 heavy (non-hydrogen) atoms. The van der Waals surface area contributed by atoms with Crippen LogP contribution in [-0.2, 0) is 0 Å². The third-order valence-corrected chi connectivity index (χ3v) is 3.33. The van der Waals surface area contributed by atoms with Gasteiger partial charge in [0.25, 0.3) is 0 Å². The average molecular weight is 376 g/mol. The lowest BCUT2D eigenvalue weighted by atomic mass is 10.3. The van der Waals surface area contributed by atoms with Crippen molar-refractivity contribution in [2.45, 2.75) is 59.3 Å². The lowest BCUT2D eigenvalue weighted by molar-refractivity contribution is 0.240. The summed E-state index contributed by atoms with van der Waals surface area (Å²) in [4.78, 5) is 12.7. The molecule has 0 aliphatic rings. The standard InChI is InChI=1S/C21H33N3O3/c1-4-7-10-13-16-25-19-22-20(26-17-14-11-8-5-2)24-21(23-19)27-18-15-12-9-6-3/h7-12H,4-6,13-18H2,1-3H3. The Morgan fingerprint density at radius 1 is 0.519 bits per heavy atom. The van der Waals surface area contributed by atoms with E-state index in [0.29, 0.717) is 19.8 Å². The molecule has 0 saturated heterocycles. The Morgan fingerprint density at radius 2 is 0.815 bits per heavy atom. The van der Waals surface area contributed by atoms with Crippen LogP contribution >= 0.6 is 0 Å². The number of aromatic nitrogens is 3. The van der Waals surface area contributed by atoms with Gasteiger partial charge in [0, 0.05) is 0 Å². The first-order valence-corrected chi connectivity index (χ1v) is 9.89. The molecule has 6 heteroatoms. The van der Waals surface area contributed by atoms with E-state index in [1.54, 1.807) is 0 Å². The van der Waals surface area contributed by atoms with Crippen molar-refractivity contribution >= 4 is 0 Å². The van der Waals surface area contributed by atoms with E-state index in [1.165, 1.54) is 0 Å². The number of nitrogens with zero attached hydrogens (tertiary/aromatic N) is 3. The van der Waals surface area contributed by atoms with Crippen LogP contribution < -0.4 is 14.2 Å². The minimum Gasteiger partial charge on any atom is -0.463 e. The average Bonchev–Trinajstić information content (AvgIpc) is 2.67. The third-order valence-electron chi connectivity index (χ3n) is 3.33. The van der Waals surface area contributed by atoms with Crippen molar-refractivity contribution in [3.05, 3.63) is 36.5 Å². The van der Waals surface area contributed by atoms with Gasteiger partial charge in [-0.2, -0.15) is 0 Å². The SMILES string of the molecule is CCC=CCCOc1nc(OCCC=CCC)nc(OCCC=CCC)n1. The van der Waals surface area contributed by atoms with Crippen molar-refractivity contribution in [3.8, 4) is 18.0 Å². The fraction of sp³-hybridized carbons (Fsp3) is 0.571. The molecule has 0 fully saturated rings. The van der Waals surface area contributed by atoms with Crippen LogP contribution in [0.25, 0.3) is 0 Å². The van der Waals surface area contributed by atoms with Gasteiger partial charge in [0.1, 0.15) is 0 Å². The monoisotopic (exact) mass is 375 g/mol. The molecule has 0 spiro atoms. The van der Waals surface area contributed by atoms with E-state index in [9.17, 15) is 0 Å². The van der Waals surface area contributed by atoms with Crippen LogP contribution in [0.3, 0.4) is 0 Å². The molecule has 1 heterocycles. The van der Waals surface area contributed by atoms with Crippen LogP contribution in [0.5, 0.6) is 18.0 Å². The van der Waals surface area contributed by atoms with Gasteiger partial charge in [-0.05, 0) is 38.5 Å². The zero-order chi connectivity index (χ0) is 19.6. The van der Waals surface area contributed by atoms with Gasteiger partial charge in [-0.25, -0.2) is 0 Å². The van der Waals surface area contributed by atoms with Crippen molar-refractivity contribution in [1.82, 2.24) is 15.0 Å². The van der Waals surface area contributed by atoms with Crippen molar-refractivity contribution in [3.63, 3.8) is 0 Å². The quantitative estimate of drug-likeness (QED) is 0.315. The van der Waals surface area contributed by atoms with E-state index in [2.05, 4.69) is 72.2 Å². The van der Waals surface area contributed by atoms with Gasteiger partial charge in [0.15, 0.2) is 0 Å². The lowest BCUT2D eigenvalue weighted by Gasteiger charge is -2.09. The fourth-order valence-corrected chi connectivity index (χ4v) is 2.02. The molecule has 1 aromatic rings. The Morgan fingerprint density at radius 3 is 1.07 bits per heavy atom. The zero-order valence-electron chi connectivity index (χ0n) is 16.9. The van der Waals surface area contributed by atoms with Crippen molar-refractivity contribution in [2.24, 2.45) is 0 Å². The maximum absolute atomic E-state index is 5.62. The summed E-state index contributed by atoms with van der Waals surface area (Å²) in [6.07, 6.45) is 18.0. The fourth-order valence-electron chi connectivity index (χ4n) is 2.02. The Labute approximate surface area is 163 Å². The summed E-state index contributed by atoms with van der Waals surface area (Å²) in [6.45, 7) is 7.79. The van der Waals surface area contributed by atoms with Crippen molar-refractivity contribution < 1.29 is 14.2 Å². The van der Waals surface area contributed by atoms with Gasteiger partial charge in [-0.1, -0.05) is 57.2 Å². The topological polar surface area (TPSA) is 66.4 Å². The van der Waals surface area contributed by atoms with Gasteiger partial charge >= 0.3 is 18.0 Å². The summed E-state index contributed by atoms with van der Waals surface area (Å²) >= 11 is 0. The summed E-state index contributed by atoms with van der Waals surface area (Å²) in [5, 5.41) is 0. The second kappa shape index (κ2) is 15.9. The lowest BCUT2D eigenvalue weighted by Crippen LogP contribution is -2.08. The zero-order valence-corrected chi connectivity index (χ0v) is 16.9. The molecule has 0 aromatic carbocycles. The van der Waals surface area contributed by atoms with Crippen LogP contribution in [0.1, 0.15) is 59.3 Å². The molecule has 0 atom stereocenters. The van der Waals surface area contributed by atoms with E-state index in [0.717, 1.165) is 38.5 Å². The minimum atomic E-state index is 0.230. The normalized spacial score (nSPS) is 11.7. The molecule has 0 aliphatic carbocycles. The Balaban J connectivity index is 2.63. The van der Waals surface area contributed by atoms with Crippen LogP contribution in [-0.4, -0.2) is 34.8 Å².